The Balaban J connectivity index is 2.68. The minimum atomic E-state index is -0.786. The topological polar surface area (TPSA) is 81.2 Å². The molecule has 2 rings (SSSR count). The Kier molecular flexibility index (Phi) is 3.52. The van der Waals surface area contributed by atoms with Crippen molar-refractivity contribution in [3.05, 3.63) is 61.9 Å². The molecule has 7 heteroatoms. The third-order valence-corrected chi connectivity index (χ3v) is 2.80. The lowest BCUT2D eigenvalue weighted by molar-refractivity contribution is 0.0600. The lowest BCUT2D eigenvalue weighted by Crippen LogP contribution is -2.34. The molecule has 0 spiro atoms. The quantitative estimate of drug-likeness (QED) is 0.656. The summed E-state index contributed by atoms with van der Waals surface area (Å²) in [7, 11) is 1.25. The second kappa shape index (κ2) is 5.11. The summed E-state index contributed by atoms with van der Waals surface area (Å²) in [5.74, 6) is -0.559. The van der Waals surface area contributed by atoms with E-state index in [0.29, 0.717) is 0 Å². The summed E-state index contributed by atoms with van der Waals surface area (Å²) in [5.41, 5.74) is -1.09. The molecule has 0 aliphatic carbocycles. The highest BCUT2D eigenvalue weighted by molar-refractivity contribution is 6.32. The number of esters is 1. The van der Waals surface area contributed by atoms with Crippen LogP contribution in [0.4, 0.5) is 0 Å². The average molecular weight is 281 g/mol. The van der Waals surface area contributed by atoms with Gasteiger partial charge < -0.3 is 9.72 Å². The van der Waals surface area contributed by atoms with Crippen LogP contribution in [0.1, 0.15) is 10.4 Å². The van der Waals surface area contributed by atoms with Crippen molar-refractivity contribution in [1.82, 2.24) is 9.55 Å². The number of carbonyl (C=O) groups excluding carboxylic acids is 1. The smallest absolute Gasteiger partial charge is 0.337 e. The van der Waals surface area contributed by atoms with E-state index in [2.05, 4.69) is 9.72 Å². The van der Waals surface area contributed by atoms with Gasteiger partial charge >= 0.3 is 17.1 Å². The number of rotatable bonds is 2. The Hall–Kier alpha value is -2.34. The van der Waals surface area contributed by atoms with Crippen LogP contribution >= 0.6 is 11.6 Å². The van der Waals surface area contributed by atoms with Crippen molar-refractivity contribution in [2.45, 2.75) is 0 Å². The average Bonchev–Trinajstić information content (AvgIpc) is 2.42. The van der Waals surface area contributed by atoms with Crippen molar-refractivity contribution in [1.29, 1.82) is 0 Å². The highest BCUT2D eigenvalue weighted by Crippen LogP contribution is 2.20. The molecule has 0 amide bonds. The fraction of sp³-hybridized carbons (Fsp3) is 0.0833. The number of benzene rings is 1. The van der Waals surface area contributed by atoms with Gasteiger partial charge in [0.1, 0.15) is 0 Å². The summed E-state index contributed by atoms with van der Waals surface area (Å²) in [6.45, 7) is 0. The van der Waals surface area contributed by atoms with E-state index in [9.17, 15) is 14.4 Å². The van der Waals surface area contributed by atoms with Gasteiger partial charge in [0.25, 0.3) is 0 Å². The number of hydrogen-bond acceptors (Lipinski definition) is 4. The fourth-order valence-corrected chi connectivity index (χ4v) is 1.77. The summed E-state index contributed by atoms with van der Waals surface area (Å²) in [5, 5.41) is 0.236. The first-order valence-electron chi connectivity index (χ1n) is 5.23. The molecule has 6 nitrogen and oxygen atoms in total. The highest BCUT2D eigenvalue weighted by Gasteiger charge is 2.12. The molecule has 98 valence electrons. The maximum atomic E-state index is 11.7. The molecule has 0 fully saturated rings. The minimum Gasteiger partial charge on any atom is -0.465 e. The number of nitrogens with one attached hydrogen (secondary N) is 1. The van der Waals surface area contributed by atoms with Crippen LogP contribution in [0.2, 0.25) is 5.02 Å². The Morgan fingerprint density at radius 1 is 1.37 bits per heavy atom. The van der Waals surface area contributed by atoms with E-state index in [1.807, 2.05) is 0 Å². The van der Waals surface area contributed by atoms with Gasteiger partial charge in [-0.2, -0.15) is 0 Å². The highest BCUT2D eigenvalue weighted by atomic mass is 35.5. The van der Waals surface area contributed by atoms with Crippen LogP contribution in [0.3, 0.4) is 0 Å². The van der Waals surface area contributed by atoms with Crippen LogP contribution in [0, 0.1) is 0 Å². The van der Waals surface area contributed by atoms with E-state index in [1.165, 1.54) is 37.7 Å². The van der Waals surface area contributed by atoms with E-state index in [0.717, 1.165) is 4.57 Å². The number of methoxy groups -OCH3 is 1. The van der Waals surface area contributed by atoms with Crippen LogP contribution < -0.4 is 11.1 Å². The number of aromatic nitrogens is 2. The van der Waals surface area contributed by atoms with Gasteiger partial charge in [-0.1, -0.05) is 11.6 Å². The van der Waals surface area contributed by atoms with E-state index >= 15 is 0 Å². The lowest BCUT2D eigenvalue weighted by atomic mass is 10.2. The van der Waals surface area contributed by atoms with Gasteiger partial charge in [0.2, 0.25) is 0 Å². The van der Waals surface area contributed by atoms with E-state index in [-0.39, 0.29) is 16.3 Å². The molecule has 0 bridgehead atoms. The van der Waals surface area contributed by atoms with Crippen molar-refractivity contribution in [3.63, 3.8) is 0 Å². The molecule has 0 aliphatic heterocycles. The Morgan fingerprint density at radius 3 is 2.79 bits per heavy atom. The van der Waals surface area contributed by atoms with Crippen LogP contribution in [-0.4, -0.2) is 22.6 Å². The summed E-state index contributed by atoms with van der Waals surface area (Å²) in [4.78, 5) is 36.7. The molecule has 0 atom stereocenters. The first kappa shape index (κ1) is 13.1. The van der Waals surface area contributed by atoms with Crippen molar-refractivity contribution >= 4 is 17.6 Å². The maximum absolute atomic E-state index is 11.7. The Bertz CT molecular complexity index is 748. The van der Waals surface area contributed by atoms with Crippen LogP contribution in [0.5, 0.6) is 0 Å². The molecule has 1 N–H and O–H groups in total. The first-order valence-corrected chi connectivity index (χ1v) is 5.61. The molecule has 0 radical (unpaired) electrons. The number of aromatic amines is 1. The zero-order valence-electron chi connectivity index (χ0n) is 9.84. The van der Waals surface area contributed by atoms with Crippen molar-refractivity contribution in [2.75, 3.05) is 7.11 Å². The van der Waals surface area contributed by atoms with Gasteiger partial charge in [-0.25, -0.2) is 4.79 Å². The largest absolute Gasteiger partial charge is 0.465 e. The van der Waals surface area contributed by atoms with Crippen LogP contribution in [0.15, 0.2) is 40.2 Å². The second-order valence-corrected chi connectivity index (χ2v) is 4.03. The maximum Gasteiger partial charge on any atom is 0.337 e. The summed E-state index contributed by atoms with van der Waals surface area (Å²) >= 11 is 5.98. The van der Waals surface area contributed by atoms with E-state index in [4.69, 9.17) is 11.6 Å². The molecular formula is C12H9ClN2O4. The molecule has 1 heterocycles. The number of hydrogen-bond donors (Lipinski definition) is 1. The van der Waals surface area contributed by atoms with Gasteiger partial charge in [0.15, 0.2) is 0 Å². The molecular weight excluding hydrogens is 272 g/mol. The predicted molar refractivity (Wildman–Crippen MR) is 69.0 cm³/mol. The third-order valence-electron chi connectivity index (χ3n) is 2.48. The van der Waals surface area contributed by atoms with Gasteiger partial charge in [0.05, 0.1) is 23.4 Å². The molecule has 1 aromatic heterocycles. The van der Waals surface area contributed by atoms with Crippen molar-refractivity contribution in [2.24, 2.45) is 0 Å². The Labute approximate surface area is 112 Å². The molecule has 1 aromatic carbocycles. The standard InChI is InChI=1S/C12H9ClN2O4/c1-19-12(18)7-2-3-8(13)9(6-7)15-5-4-14-10(16)11(15)17/h2-6H,1H3,(H,14,16). The SMILES string of the molecule is COC(=O)c1ccc(Cl)c(-n2cc[nH]c(=O)c2=O)c1. The summed E-state index contributed by atoms with van der Waals surface area (Å²) in [6.07, 6.45) is 2.66. The molecule has 2 aromatic rings. The van der Waals surface area contributed by atoms with Gasteiger partial charge in [-0.3, -0.25) is 14.2 Å². The van der Waals surface area contributed by atoms with E-state index in [1.54, 1.807) is 0 Å². The summed E-state index contributed by atoms with van der Waals surface area (Å²) < 4.78 is 5.65. The van der Waals surface area contributed by atoms with Crippen LogP contribution in [-0.2, 0) is 4.74 Å². The number of nitrogens with zero attached hydrogens (tertiary/aromatic N) is 1. The minimum absolute atomic E-state index is 0.231. The van der Waals surface area contributed by atoms with Gasteiger partial charge in [-0.05, 0) is 18.2 Å². The molecule has 0 unspecified atom stereocenters. The molecule has 0 saturated carbocycles. The number of ether oxygens (including phenoxy) is 1. The zero-order valence-corrected chi connectivity index (χ0v) is 10.6. The first-order chi connectivity index (χ1) is 9.04. The second-order valence-electron chi connectivity index (χ2n) is 3.62. The molecule has 0 saturated heterocycles. The van der Waals surface area contributed by atoms with Crippen LogP contribution in [0.25, 0.3) is 5.69 Å². The zero-order chi connectivity index (χ0) is 14.0. The Morgan fingerprint density at radius 2 is 2.11 bits per heavy atom. The fourth-order valence-electron chi connectivity index (χ4n) is 1.56. The summed E-state index contributed by atoms with van der Waals surface area (Å²) in [6, 6.07) is 4.31. The molecule has 0 aliphatic rings. The third kappa shape index (κ3) is 2.43. The predicted octanol–water partition coefficient (Wildman–Crippen LogP) is 0.966. The van der Waals surface area contributed by atoms with Gasteiger partial charge in [0, 0.05) is 12.4 Å². The van der Waals surface area contributed by atoms with Crippen molar-refractivity contribution < 1.29 is 9.53 Å². The van der Waals surface area contributed by atoms with Gasteiger partial charge in [-0.15, -0.1) is 0 Å². The van der Waals surface area contributed by atoms with Crippen molar-refractivity contribution in [3.8, 4) is 5.69 Å². The van der Waals surface area contributed by atoms with E-state index < -0.39 is 17.1 Å². The number of carbonyl (C=O) groups is 1. The number of H-pyrrole nitrogens is 1. The normalized spacial score (nSPS) is 10.2. The number of halogens is 1. The monoisotopic (exact) mass is 280 g/mol. The molecule has 19 heavy (non-hydrogen) atoms. The lowest BCUT2D eigenvalue weighted by Gasteiger charge is -2.08.